The molecule has 0 radical (unpaired) electrons. The molecule has 34 heavy (non-hydrogen) atoms. The zero-order valence-corrected chi connectivity index (χ0v) is 19.2. The number of aromatic nitrogens is 1. The van der Waals surface area contributed by atoms with Crippen LogP contribution in [0.2, 0.25) is 5.02 Å². The van der Waals surface area contributed by atoms with Crippen molar-refractivity contribution in [2.24, 2.45) is 0 Å². The first-order chi connectivity index (χ1) is 16.1. The number of benzene rings is 1. The van der Waals surface area contributed by atoms with Crippen LogP contribution >= 0.6 is 11.6 Å². The average Bonchev–Trinajstić information content (AvgIpc) is 2.96. The summed E-state index contributed by atoms with van der Waals surface area (Å²) in [6.45, 7) is 3.62. The number of carbonyl (C=O) groups is 2. The van der Waals surface area contributed by atoms with Crippen molar-refractivity contribution in [3.8, 4) is 0 Å². The first-order valence-corrected chi connectivity index (χ1v) is 11.2. The number of pyridine rings is 1. The number of ether oxygens (including phenoxy) is 1. The fourth-order valence-corrected chi connectivity index (χ4v) is 4.25. The second kappa shape index (κ2) is 10.9. The van der Waals surface area contributed by atoms with Crippen molar-refractivity contribution in [1.29, 1.82) is 0 Å². The van der Waals surface area contributed by atoms with Crippen LogP contribution in [0.3, 0.4) is 0 Å². The molecule has 182 valence electrons. The van der Waals surface area contributed by atoms with Crippen LogP contribution in [0.4, 0.5) is 18.0 Å². The van der Waals surface area contributed by atoms with Gasteiger partial charge in [-0.05, 0) is 67.5 Å². The Kier molecular flexibility index (Phi) is 8.19. The number of hydrogen-bond acceptors (Lipinski definition) is 4. The van der Waals surface area contributed by atoms with Gasteiger partial charge in [0.1, 0.15) is 0 Å². The third-order valence-electron chi connectivity index (χ3n) is 5.62. The smallest absolute Gasteiger partial charge is 0.475 e. The van der Waals surface area contributed by atoms with E-state index in [-0.39, 0.29) is 6.09 Å². The standard InChI is InChI=1S/C22H23ClN2O2.C2HF3O2/c1-2-27-22(26)25-12-9-15(10-13-25)20-19-8-7-18(23)14-17(19)6-5-16-4-3-11-24-21(16)20;3-2(4,5)1(6)7/h3-4,7-8,11,14H,2,5-6,9-10,12-13H2,1H3;(H,6,7). The van der Waals surface area contributed by atoms with Crippen molar-refractivity contribution in [3.63, 3.8) is 0 Å². The second-order valence-electron chi connectivity index (χ2n) is 7.78. The van der Waals surface area contributed by atoms with E-state index in [1.807, 2.05) is 25.3 Å². The van der Waals surface area contributed by atoms with Crippen LogP contribution in [0.1, 0.15) is 42.1 Å². The fraction of sp³-hybridized carbons (Fsp3) is 0.375. The minimum absolute atomic E-state index is 0.215. The van der Waals surface area contributed by atoms with Crippen LogP contribution in [0.25, 0.3) is 5.57 Å². The Morgan fingerprint density at radius 2 is 1.76 bits per heavy atom. The third-order valence-corrected chi connectivity index (χ3v) is 5.85. The minimum Gasteiger partial charge on any atom is -0.475 e. The maximum absolute atomic E-state index is 12.0. The van der Waals surface area contributed by atoms with Crippen LogP contribution in [0.5, 0.6) is 0 Å². The normalized spacial score (nSPS) is 15.4. The molecule has 0 bridgehead atoms. The van der Waals surface area contributed by atoms with E-state index < -0.39 is 12.1 Å². The zero-order chi connectivity index (χ0) is 24.9. The van der Waals surface area contributed by atoms with E-state index in [9.17, 15) is 18.0 Å². The van der Waals surface area contributed by atoms with E-state index in [4.69, 9.17) is 31.2 Å². The Morgan fingerprint density at radius 3 is 2.38 bits per heavy atom. The van der Waals surface area contributed by atoms with Crippen molar-refractivity contribution >= 4 is 29.2 Å². The Morgan fingerprint density at radius 1 is 1.12 bits per heavy atom. The van der Waals surface area contributed by atoms with Gasteiger partial charge in [-0.25, -0.2) is 9.59 Å². The van der Waals surface area contributed by atoms with Gasteiger partial charge >= 0.3 is 18.2 Å². The predicted octanol–water partition coefficient (Wildman–Crippen LogP) is 5.52. The number of amides is 1. The molecule has 1 N–H and O–H groups in total. The summed E-state index contributed by atoms with van der Waals surface area (Å²) in [4.78, 5) is 27.5. The molecular weight excluding hydrogens is 473 g/mol. The maximum atomic E-state index is 12.0. The first-order valence-electron chi connectivity index (χ1n) is 10.8. The molecule has 2 aliphatic rings. The van der Waals surface area contributed by atoms with E-state index in [1.54, 1.807) is 4.90 Å². The molecule has 1 saturated heterocycles. The van der Waals surface area contributed by atoms with Crippen LogP contribution in [0.15, 0.2) is 42.1 Å². The van der Waals surface area contributed by atoms with Crippen molar-refractivity contribution in [2.45, 2.75) is 38.8 Å². The van der Waals surface area contributed by atoms with E-state index in [0.717, 1.165) is 36.4 Å². The van der Waals surface area contributed by atoms with Crippen LogP contribution in [0, 0.1) is 0 Å². The quantitative estimate of drug-likeness (QED) is 0.562. The number of carbonyl (C=O) groups excluding carboxylic acids is 1. The van der Waals surface area contributed by atoms with Gasteiger partial charge in [0.05, 0.1) is 12.3 Å². The zero-order valence-electron chi connectivity index (χ0n) is 18.5. The highest BCUT2D eigenvalue weighted by Crippen LogP contribution is 2.38. The molecule has 1 fully saturated rings. The Balaban J connectivity index is 0.000000406. The molecule has 1 aromatic carbocycles. The number of nitrogens with zero attached hydrogens (tertiary/aromatic N) is 2. The van der Waals surface area contributed by atoms with E-state index in [1.165, 1.54) is 27.8 Å². The molecule has 6 nitrogen and oxygen atoms in total. The van der Waals surface area contributed by atoms with Crippen molar-refractivity contribution in [3.05, 3.63) is 69.5 Å². The lowest BCUT2D eigenvalue weighted by Crippen LogP contribution is -2.37. The number of piperidine rings is 1. The molecule has 0 unspecified atom stereocenters. The molecule has 0 spiro atoms. The molecule has 1 amide bonds. The molecule has 4 rings (SSSR count). The van der Waals surface area contributed by atoms with Crippen molar-refractivity contribution in [2.75, 3.05) is 19.7 Å². The van der Waals surface area contributed by atoms with Gasteiger partial charge < -0.3 is 14.7 Å². The molecular formula is C24H24ClF3N2O4. The van der Waals surface area contributed by atoms with Gasteiger partial charge in [-0.2, -0.15) is 13.2 Å². The van der Waals surface area contributed by atoms with E-state index >= 15 is 0 Å². The fourth-order valence-electron chi connectivity index (χ4n) is 4.06. The summed E-state index contributed by atoms with van der Waals surface area (Å²) in [6, 6.07) is 10.3. The highest BCUT2D eigenvalue weighted by molar-refractivity contribution is 6.30. The molecule has 0 saturated carbocycles. The number of halogens is 4. The molecule has 2 heterocycles. The largest absolute Gasteiger partial charge is 0.490 e. The van der Waals surface area contributed by atoms with Gasteiger partial charge in [-0.1, -0.05) is 29.3 Å². The van der Waals surface area contributed by atoms with Gasteiger partial charge in [0.15, 0.2) is 0 Å². The number of fused-ring (bicyclic) bond motifs is 2. The number of aryl methyl sites for hydroxylation is 2. The lowest BCUT2D eigenvalue weighted by atomic mass is 9.88. The maximum Gasteiger partial charge on any atom is 0.490 e. The van der Waals surface area contributed by atoms with E-state index in [0.29, 0.717) is 19.7 Å². The van der Waals surface area contributed by atoms with Gasteiger partial charge in [-0.3, -0.25) is 4.98 Å². The summed E-state index contributed by atoms with van der Waals surface area (Å²) in [6.07, 6.45) is 0.169. The van der Waals surface area contributed by atoms with Crippen molar-refractivity contribution in [1.82, 2.24) is 9.88 Å². The topological polar surface area (TPSA) is 79.7 Å². The highest BCUT2D eigenvalue weighted by atomic mass is 35.5. The molecule has 1 aromatic heterocycles. The van der Waals surface area contributed by atoms with Gasteiger partial charge in [0, 0.05) is 29.9 Å². The number of rotatable bonds is 1. The SMILES string of the molecule is CCOC(=O)N1CCC(=C2c3ccc(Cl)cc3CCc3cccnc32)CC1.O=C(O)C(F)(F)F. The van der Waals surface area contributed by atoms with Gasteiger partial charge in [-0.15, -0.1) is 0 Å². The Bertz CT molecular complexity index is 1090. The number of aliphatic carboxylic acids is 1. The first kappa shape index (κ1) is 25.6. The Labute approximate surface area is 200 Å². The monoisotopic (exact) mass is 496 g/mol. The summed E-state index contributed by atoms with van der Waals surface area (Å²) in [5.74, 6) is -2.76. The van der Waals surface area contributed by atoms with Gasteiger partial charge in [0.25, 0.3) is 0 Å². The van der Waals surface area contributed by atoms with Crippen molar-refractivity contribution < 1.29 is 32.6 Å². The van der Waals surface area contributed by atoms with Crippen LogP contribution in [-0.2, 0) is 22.4 Å². The minimum atomic E-state index is -5.08. The molecule has 1 aliphatic heterocycles. The molecule has 0 atom stereocenters. The summed E-state index contributed by atoms with van der Waals surface area (Å²) in [7, 11) is 0. The summed E-state index contributed by atoms with van der Waals surface area (Å²) < 4.78 is 36.9. The number of alkyl halides is 3. The number of likely N-dealkylation sites (tertiary alicyclic amines) is 1. The molecule has 10 heteroatoms. The van der Waals surface area contributed by atoms with Gasteiger partial charge in [0.2, 0.25) is 0 Å². The van der Waals surface area contributed by atoms with E-state index in [2.05, 4.69) is 18.2 Å². The predicted molar refractivity (Wildman–Crippen MR) is 121 cm³/mol. The number of carboxylic acids is 1. The Hall–Kier alpha value is -3.07. The summed E-state index contributed by atoms with van der Waals surface area (Å²) in [5.41, 5.74) is 7.46. The van der Waals surface area contributed by atoms with Crippen LogP contribution < -0.4 is 0 Å². The third kappa shape index (κ3) is 6.08. The number of carboxylic acid groups (broad SMARTS) is 1. The lowest BCUT2D eigenvalue weighted by molar-refractivity contribution is -0.192. The highest BCUT2D eigenvalue weighted by Gasteiger charge is 2.38. The second-order valence-corrected chi connectivity index (χ2v) is 8.22. The molecule has 2 aromatic rings. The van der Waals surface area contributed by atoms with Crippen LogP contribution in [-0.4, -0.2) is 52.9 Å². The summed E-state index contributed by atoms with van der Waals surface area (Å²) >= 11 is 6.27. The average molecular weight is 497 g/mol. The lowest BCUT2D eigenvalue weighted by Gasteiger charge is -2.29. The number of hydrogen-bond donors (Lipinski definition) is 1. The molecule has 1 aliphatic carbocycles. The summed E-state index contributed by atoms with van der Waals surface area (Å²) in [5, 5.41) is 7.90.